The second-order valence-electron chi connectivity index (χ2n) is 5.86. The first kappa shape index (κ1) is 12.7. The Bertz CT molecular complexity index is 345. The van der Waals surface area contributed by atoms with E-state index in [2.05, 4.69) is 0 Å². The van der Waals surface area contributed by atoms with Crippen LogP contribution in [0.1, 0.15) is 27.7 Å². The molecule has 104 valence electrons. The highest BCUT2D eigenvalue weighted by Gasteiger charge is 2.60. The van der Waals surface area contributed by atoms with Crippen molar-refractivity contribution in [2.75, 3.05) is 6.67 Å². The summed E-state index contributed by atoms with van der Waals surface area (Å²) in [5.74, 6) is -1.50. The predicted molar refractivity (Wildman–Crippen MR) is 58.5 cm³/mol. The van der Waals surface area contributed by atoms with Gasteiger partial charge >= 0.3 is 0 Å². The first-order chi connectivity index (χ1) is 8.31. The van der Waals surface area contributed by atoms with Crippen LogP contribution in [0.5, 0.6) is 0 Å². The van der Waals surface area contributed by atoms with Crippen LogP contribution in [0.2, 0.25) is 0 Å². The molecule has 0 N–H and O–H groups in total. The highest BCUT2D eigenvalue weighted by molar-refractivity contribution is 4.99. The fraction of sp³-hybridized carbons (Fsp3) is 1.00. The maximum atomic E-state index is 13.1. The lowest BCUT2D eigenvalue weighted by atomic mass is 10.00. The molecule has 3 saturated heterocycles. The fourth-order valence-corrected chi connectivity index (χ4v) is 2.82. The summed E-state index contributed by atoms with van der Waals surface area (Å²) in [5, 5.41) is 0. The Balaban J connectivity index is 1.86. The van der Waals surface area contributed by atoms with Gasteiger partial charge in [0.25, 0.3) is 0 Å². The summed E-state index contributed by atoms with van der Waals surface area (Å²) in [4.78, 5) is 0. The van der Waals surface area contributed by atoms with Gasteiger partial charge in [-0.05, 0) is 27.7 Å². The van der Waals surface area contributed by atoms with Crippen LogP contribution in [-0.4, -0.2) is 49.0 Å². The average molecular weight is 262 g/mol. The van der Waals surface area contributed by atoms with Crippen LogP contribution < -0.4 is 0 Å². The normalized spacial score (nSPS) is 48.8. The van der Waals surface area contributed by atoms with Crippen molar-refractivity contribution >= 4 is 0 Å². The molecule has 0 saturated carbocycles. The van der Waals surface area contributed by atoms with E-state index in [4.69, 9.17) is 23.7 Å². The monoisotopic (exact) mass is 262 g/mol. The van der Waals surface area contributed by atoms with Gasteiger partial charge in [0, 0.05) is 0 Å². The van der Waals surface area contributed by atoms with Crippen LogP contribution >= 0.6 is 0 Å². The van der Waals surface area contributed by atoms with Gasteiger partial charge < -0.3 is 23.7 Å². The third-order valence-corrected chi connectivity index (χ3v) is 3.40. The van der Waals surface area contributed by atoms with Gasteiger partial charge in [-0.1, -0.05) is 0 Å². The molecule has 5 nitrogen and oxygen atoms in total. The van der Waals surface area contributed by atoms with Gasteiger partial charge in [-0.3, -0.25) is 0 Å². The quantitative estimate of drug-likeness (QED) is 0.714. The van der Waals surface area contributed by atoms with Gasteiger partial charge in [0.2, 0.25) is 0 Å². The summed E-state index contributed by atoms with van der Waals surface area (Å²) >= 11 is 0. The Morgan fingerprint density at radius 1 is 0.833 bits per heavy atom. The number of hydrogen-bond donors (Lipinski definition) is 0. The Morgan fingerprint density at radius 2 is 1.39 bits per heavy atom. The lowest BCUT2D eigenvalue weighted by Crippen LogP contribution is -2.55. The summed E-state index contributed by atoms with van der Waals surface area (Å²) in [5.41, 5.74) is 0. The van der Waals surface area contributed by atoms with E-state index in [1.54, 1.807) is 27.7 Å². The Morgan fingerprint density at radius 3 is 2.06 bits per heavy atom. The summed E-state index contributed by atoms with van der Waals surface area (Å²) in [7, 11) is 0. The molecular formula is C12H19FO5. The molecule has 5 atom stereocenters. The van der Waals surface area contributed by atoms with E-state index in [-0.39, 0.29) is 12.2 Å². The van der Waals surface area contributed by atoms with E-state index in [9.17, 15) is 4.39 Å². The highest BCUT2D eigenvalue weighted by Crippen LogP contribution is 2.43. The predicted octanol–water partition coefficient (Wildman–Crippen LogP) is 1.35. The number of halogens is 1. The third kappa shape index (κ3) is 1.96. The molecule has 0 aromatic rings. The molecule has 0 aromatic carbocycles. The number of hydrogen-bond acceptors (Lipinski definition) is 5. The van der Waals surface area contributed by atoms with Gasteiger partial charge in [-0.2, -0.15) is 0 Å². The molecule has 3 fully saturated rings. The number of fused-ring (bicyclic) bond motifs is 3. The topological polar surface area (TPSA) is 46.2 Å². The van der Waals surface area contributed by atoms with Crippen molar-refractivity contribution in [3.63, 3.8) is 0 Å². The summed E-state index contributed by atoms with van der Waals surface area (Å²) in [6, 6.07) is 0. The summed E-state index contributed by atoms with van der Waals surface area (Å²) in [6.45, 7) is 6.57. The third-order valence-electron chi connectivity index (χ3n) is 3.40. The van der Waals surface area contributed by atoms with Crippen molar-refractivity contribution in [3.05, 3.63) is 0 Å². The van der Waals surface area contributed by atoms with E-state index >= 15 is 0 Å². The number of ether oxygens (including phenoxy) is 5. The van der Waals surface area contributed by atoms with E-state index < -0.39 is 36.7 Å². The molecule has 3 rings (SSSR count). The zero-order valence-corrected chi connectivity index (χ0v) is 11.0. The zero-order chi connectivity index (χ0) is 13.1. The van der Waals surface area contributed by atoms with E-state index in [1.807, 2.05) is 0 Å². The largest absolute Gasteiger partial charge is 0.342 e. The smallest absolute Gasteiger partial charge is 0.190 e. The van der Waals surface area contributed by atoms with Gasteiger partial charge in [0.05, 0.1) is 0 Å². The molecule has 3 aliphatic rings. The molecule has 3 heterocycles. The Labute approximate surface area is 105 Å². The van der Waals surface area contributed by atoms with Crippen molar-refractivity contribution < 1.29 is 28.1 Å². The van der Waals surface area contributed by atoms with Crippen LogP contribution in [0.25, 0.3) is 0 Å². The van der Waals surface area contributed by atoms with Crippen LogP contribution in [0.3, 0.4) is 0 Å². The Kier molecular flexibility index (Phi) is 2.74. The molecule has 3 aliphatic heterocycles. The van der Waals surface area contributed by atoms with Crippen molar-refractivity contribution in [1.29, 1.82) is 0 Å². The SMILES string of the molecule is CC1(C)OC2O[C@H](CF)[C@@H]3OC(C)(C)OC3[C@H]2O1. The zero-order valence-electron chi connectivity index (χ0n) is 11.0. The first-order valence-corrected chi connectivity index (χ1v) is 6.24. The second-order valence-corrected chi connectivity index (χ2v) is 5.86. The number of rotatable bonds is 1. The molecule has 0 spiro atoms. The highest BCUT2D eigenvalue weighted by atomic mass is 19.1. The number of alkyl halides is 1. The van der Waals surface area contributed by atoms with Crippen molar-refractivity contribution in [2.45, 2.75) is 70.0 Å². The lowest BCUT2D eigenvalue weighted by Gasteiger charge is -2.35. The molecule has 18 heavy (non-hydrogen) atoms. The molecule has 0 radical (unpaired) electrons. The molecular weight excluding hydrogens is 243 g/mol. The molecule has 0 aromatic heterocycles. The minimum Gasteiger partial charge on any atom is -0.342 e. The second kappa shape index (κ2) is 3.86. The molecule has 6 heteroatoms. The lowest BCUT2D eigenvalue weighted by molar-refractivity contribution is -0.236. The van der Waals surface area contributed by atoms with Crippen LogP contribution in [0.4, 0.5) is 4.39 Å². The maximum Gasteiger partial charge on any atom is 0.190 e. The van der Waals surface area contributed by atoms with Crippen molar-refractivity contribution in [2.24, 2.45) is 0 Å². The van der Waals surface area contributed by atoms with E-state index in [0.717, 1.165) is 0 Å². The van der Waals surface area contributed by atoms with E-state index in [1.165, 1.54) is 0 Å². The maximum absolute atomic E-state index is 13.1. The van der Waals surface area contributed by atoms with Gasteiger partial charge in [0.15, 0.2) is 17.9 Å². The minimum absolute atomic E-state index is 0.360. The fourth-order valence-electron chi connectivity index (χ4n) is 2.82. The van der Waals surface area contributed by atoms with Crippen LogP contribution in [-0.2, 0) is 23.7 Å². The standard InChI is InChI=1S/C12H19FO5/c1-11(2)15-7-6(5-13)14-10-9(8(7)16-11)17-12(3,4)18-10/h6-10H,5H2,1-4H3/t6-,7+,8?,9-,10?/m1/s1. The van der Waals surface area contributed by atoms with Crippen molar-refractivity contribution in [3.8, 4) is 0 Å². The molecule has 0 aliphatic carbocycles. The molecule has 0 bridgehead atoms. The van der Waals surface area contributed by atoms with Crippen LogP contribution in [0, 0.1) is 0 Å². The summed E-state index contributed by atoms with van der Waals surface area (Å²) < 4.78 is 41.6. The van der Waals surface area contributed by atoms with Crippen LogP contribution in [0.15, 0.2) is 0 Å². The Hall–Kier alpha value is -0.270. The minimum atomic E-state index is -0.753. The van der Waals surface area contributed by atoms with Gasteiger partial charge in [-0.15, -0.1) is 0 Å². The van der Waals surface area contributed by atoms with Gasteiger partial charge in [0.1, 0.15) is 31.1 Å². The summed E-state index contributed by atoms with van der Waals surface area (Å²) in [6.07, 6.45) is -2.46. The van der Waals surface area contributed by atoms with Gasteiger partial charge in [-0.25, -0.2) is 4.39 Å². The first-order valence-electron chi connectivity index (χ1n) is 6.24. The molecule has 2 unspecified atom stereocenters. The molecule has 0 amide bonds. The van der Waals surface area contributed by atoms with E-state index in [0.29, 0.717) is 0 Å². The van der Waals surface area contributed by atoms with Crippen molar-refractivity contribution in [1.82, 2.24) is 0 Å². The average Bonchev–Trinajstić information content (AvgIpc) is 2.71.